The normalized spacial score (nSPS) is 11.0. The minimum absolute atomic E-state index is 0.0388. The molecule has 0 saturated heterocycles. The summed E-state index contributed by atoms with van der Waals surface area (Å²) in [5.41, 5.74) is 0.334. The van der Waals surface area contributed by atoms with E-state index in [4.69, 9.17) is 4.42 Å². The molecule has 0 aliphatic carbocycles. The predicted molar refractivity (Wildman–Crippen MR) is 97.6 cm³/mol. The monoisotopic (exact) mass is 378 g/mol. The Morgan fingerprint density at radius 1 is 0.875 bits per heavy atom. The standard InChI is InChI=1S/C20H11BrO3/c21-14-6-3-5-13(10-14)19(22)17-11-16-15-7-2-1-4-12(15)8-9-18(16)24-20(17)23/h1-11H. The van der Waals surface area contributed by atoms with Crippen LogP contribution in [-0.4, -0.2) is 5.78 Å². The van der Waals surface area contributed by atoms with Crippen molar-refractivity contribution in [2.45, 2.75) is 0 Å². The summed E-state index contributed by atoms with van der Waals surface area (Å²) < 4.78 is 6.17. The highest BCUT2D eigenvalue weighted by Gasteiger charge is 2.17. The van der Waals surface area contributed by atoms with Gasteiger partial charge in [-0.25, -0.2) is 4.79 Å². The van der Waals surface area contributed by atoms with E-state index in [1.165, 1.54) is 0 Å². The molecule has 0 atom stereocenters. The number of hydrogen-bond donors (Lipinski definition) is 0. The molecule has 0 bridgehead atoms. The molecule has 4 aromatic rings. The van der Waals surface area contributed by atoms with Gasteiger partial charge in [-0.2, -0.15) is 0 Å². The van der Waals surface area contributed by atoms with Crippen molar-refractivity contribution in [1.82, 2.24) is 0 Å². The van der Waals surface area contributed by atoms with Crippen LogP contribution in [0.5, 0.6) is 0 Å². The van der Waals surface area contributed by atoms with E-state index in [9.17, 15) is 9.59 Å². The Labute approximate surface area is 145 Å². The molecule has 0 N–H and O–H groups in total. The number of hydrogen-bond acceptors (Lipinski definition) is 3. The molecule has 0 fully saturated rings. The maximum Gasteiger partial charge on any atom is 0.347 e. The third-order valence-electron chi connectivity index (χ3n) is 3.97. The number of benzene rings is 3. The summed E-state index contributed by atoms with van der Waals surface area (Å²) in [6.45, 7) is 0. The number of ketones is 1. The number of fused-ring (bicyclic) bond motifs is 3. The zero-order valence-electron chi connectivity index (χ0n) is 12.5. The Morgan fingerprint density at radius 3 is 2.54 bits per heavy atom. The first-order valence-corrected chi connectivity index (χ1v) is 8.19. The van der Waals surface area contributed by atoms with Crippen molar-refractivity contribution in [3.8, 4) is 0 Å². The van der Waals surface area contributed by atoms with Gasteiger partial charge in [0.05, 0.1) is 0 Å². The number of rotatable bonds is 2. The molecule has 3 nitrogen and oxygen atoms in total. The third kappa shape index (κ3) is 2.45. The zero-order valence-corrected chi connectivity index (χ0v) is 14.0. The molecule has 24 heavy (non-hydrogen) atoms. The van der Waals surface area contributed by atoms with Gasteiger partial charge in [0, 0.05) is 15.4 Å². The van der Waals surface area contributed by atoms with Crippen molar-refractivity contribution in [2.75, 3.05) is 0 Å². The zero-order chi connectivity index (χ0) is 16.7. The highest BCUT2D eigenvalue weighted by molar-refractivity contribution is 9.10. The summed E-state index contributed by atoms with van der Waals surface area (Å²) >= 11 is 3.34. The highest BCUT2D eigenvalue weighted by Crippen LogP contribution is 2.25. The molecule has 4 heteroatoms. The number of carbonyl (C=O) groups is 1. The molecule has 116 valence electrons. The fraction of sp³-hybridized carbons (Fsp3) is 0. The Kier molecular flexibility index (Phi) is 3.54. The smallest absolute Gasteiger partial charge is 0.347 e. The predicted octanol–water partition coefficient (Wildman–Crippen LogP) is 4.94. The lowest BCUT2D eigenvalue weighted by atomic mass is 10.0. The van der Waals surface area contributed by atoms with Crippen LogP contribution < -0.4 is 5.63 Å². The maximum absolute atomic E-state index is 12.7. The lowest BCUT2D eigenvalue weighted by molar-refractivity contribution is 0.103. The molecule has 0 spiro atoms. The largest absolute Gasteiger partial charge is 0.422 e. The van der Waals surface area contributed by atoms with Crippen LogP contribution in [-0.2, 0) is 0 Å². The third-order valence-corrected chi connectivity index (χ3v) is 4.47. The van der Waals surface area contributed by atoms with E-state index in [0.29, 0.717) is 11.1 Å². The molecule has 4 rings (SSSR count). The van der Waals surface area contributed by atoms with Crippen molar-refractivity contribution < 1.29 is 9.21 Å². The fourth-order valence-electron chi connectivity index (χ4n) is 2.82. The van der Waals surface area contributed by atoms with Crippen LogP contribution in [0.15, 0.2) is 80.4 Å². The van der Waals surface area contributed by atoms with Gasteiger partial charge in [0.2, 0.25) is 0 Å². The second-order valence-electron chi connectivity index (χ2n) is 5.49. The molecule has 0 amide bonds. The molecule has 3 aromatic carbocycles. The van der Waals surface area contributed by atoms with Gasteiger partial charge in [0.15, 0.2) is 5.78 Å². The van der Waals surface area contributed by atoms with Gasteiger partial charge >= 0.3 is 5.63 Å². The first kappa shape index (κ1) is 14.8. The summed E-state index contributed by atoms with van der Waals surface area (Å²) in [7, 11) is 0. The van der Waals surface area contributed by atoms with Crippen LogP contribution in [0, 0.1) is 0 Å². The van der Waals surface area contributed by atoms with Crippen molar-refractivity contribution >= 4 is 43.5 Å². The molecule has 0 radical (unpaired) electrons. The summed E-state index contributed by atoms with van der Waals surface area (Å²) in [5.74, 6) is -0.347. The van der Waals surface area contributed by atoms with Gasteiger partial charge in [0.25, 0.3) is 0 Å². The van der Waals surface area contributed by atoms with Gasteiger partial charge < -0.3 is 4.42 Å². The SMILES string of the molecule is O=C(c1cccc(Br)c1)c1cc2c(ccc3ccccc32)oc1=O. The van der Waals surface area contributed by atoms with Crippen LogP contribution in [0.25, 0.3) is 21.7 Å². The van der Waals surface area contributed by atoms with Gasteiger partial charge in [-0.3, -0.25) is 4.79 Å². The minimum atomic E-state index is -0.622. The van der Waals surface area contributed by atoms with Crippen molar-refractivity contribution in [3.05, 3.63) is 92.7 Å². The molecule has 0 unspecified atom stereocenters. The van der Waals surface area contributed by atoms with Crippen LogP contribution in [0.3, 0.4) is 0 Å². The maximum atomic E-state index is 12.7. The minimum Gasteiger partial charge on any atom is -0.422 e. The lowest BCUT2D eigenvalue weighted by Gasteiger charge is -2.05. The molecular weight excluding hydrogens is 368 g/mol. The van der Waals surface area contributed by atoms with Gasteiger partial charge in [-0.05, 0) is 35.0 Å². The van der Waals surface area contributed by atoms with E-state index in [-0.39, 0.29) is 11.3 Å². The number of halogens is 1. The molecule has 0 aliphatic rings. The Bertz CT molecular complexity index is 1160. The topological polar surface area (TPSA) is 47.3 Å². The van der Waals surface area contributed by atoms with E-state index < -0.39 is 5.63 Å². The average molecular weight is 379 g/mol. The van der Waals surface area contributed by atoms with E-state index in [2.05, 4.69) is 15.9 Å². The number of carbonyl (C=O) groups excluding carboxylic acids is 1. The van der Waals surface area contributed by atoms with Crippen molar-refractivity contribution in [1.29, 1.82) is 0 Å². The van der Waals surface area contributed by atoms with E-state index in [1.807, 2.05) is 36.4 Å². The van der Waals surface area contributed by atoms with Crippen molar-refractivity contribution in [2.24, 2.45) is 0 Å². The fourth-order valence-corrected chi connectivity index (χ4v) is 3.21. The van der Waals surface area contributed by atoms with Crippen LogP contribution >= 0.6 is 15.9 Å². The van der Waals surface area contributed by atoms with E-state index in [0.717, 1.165) is 20.6 Å². The highest BCUT2D eigenvalue weighted by atomic mass is 79.9. The average Bonchev–Trinajstić information content (AvgIpc) is 2.60. The van der Waals surface area contributed by atoms with E-state index in [1.54, 1.807) is 30.3 Å². The first-order chi connectivity index (χ1) is 11.6. The van der Waals surface area contributed by atoms with Crippen LogP contribution in [0.2, 0.25) is 0 Å². The van der Waals surface area contributed by atoms with E-state index >= 15 is 0 Å². The van der Waals surface area contributed by atoms with Gasteiger partial charge in [-0.15, -0.1) is 0 Å². The Balaban J connectivity index is 1.98. The second kappa shape index (κ2) is 5.73. The second-order valence-corrected chi connectivity index (χ2v) is 6.40. The molecule has 0 saturated carbocycles. The first-order valence-electron chi connectivity index (χ1n) is 7.39. The Morgan fingerprint density at radius 2 is 1.71 bits per heavy atom. The Hall–Kier alpha value is -2.72. The van der Waals surface area contributed by atoms with Crippen LogP contribution in [0.1, 0.15) is 15.9 Å². The quantitative estimate of drug-likeness (QED) is 0.282. The van der Waals surface area contributed by atoms with Gasteiger partial charge in [0.1, 0.15) is 11.1 Å². The lowest BCUT2D eigenvalue weighted by Crippen LogP contribution is -2.14. The summed E-state index contributed by atoms with van der Waals surface area (Å²) in [4.78, 5) is 25.0. The molecule has 1 heterocycles. The van der Waals surface area contributed by atoms with Gasteiger partial charge in [-0.1, -0.05) is 58.4 Å². The summed E-state index contributed by atoms with van der Waals surface area (Å²) in [5, 5.41) is 2.73. The molecular formula is C20H11BrO3. The molecule has 0 aliphatic heterocycles. The van der Waals surface area contributed by atoms with Crippen molar-refractivity contribution in [3.63, 3.8) is 0 Å². The molecule has 1 aromatic heterocycles. The van der Waals surface area contributed by atoms with Crippen LogP contribution in [0.4, 0.5) is 0 Å². The summed E-state index contributed by atoms with van der Waals surface area (Å²) in [6, 6.07) is 20.0. The summed E-state index contributed by atoms with van der Waals surface area (Å²) in [6.07, 6.45) is 0.